The first kappa shape index (κ1) is 5.73. The van der Waals surface area contributed by atoms with E-state index >= 15 is 0 Å². The van der Waals surface area contributed by atoms with Crippen LogP contribution in [0.1, 0.15) is 5.82 Å². The Morgan fingerprint density at radius 3 is 3.20 bits per heavy atom. The van der Waals surface area contributed by atoms with Crippen molar-refractivity contribution in [1.82, 2.24) is 19.6 Å². The first-order chi connectivity index (χ1) is 4.79. The van der Waals surface area contributed by atoms with E-state index in [1.54, 1.807) is 10.7 Å². The minimum atomic E-state index is 0.459. The molecule has 0 amide bonds. The van der Waals surface area contributed by atoms with Gasteiger partial charge >= 0.3 is 0 Å². The van der Waals surface area contributed by atoms with E-state index in [9.17, 15) is 0 Å². The van der Waals surface area contributed by atoms with Gasteiger partial charge in [0.25, 0.3) is 0 Å². The number of aromatic nitrogens is 4. The van der Waals surface area contributed by atoms with Gasteiger partial charge in [0.2, 0.25) is 0 Å². The van der Waals surface area contributed by atoms with E-state index in [0.717, 1.165) is 11.5 Å². The van der Waals surface area contributed by atoms with Gasteiger partial charge in [-0.15, -0.1) is 0 Å². The van der Waals surface area contributed by atoms with Crippen LogP contribution in [-0.2, 0) is 0 Å². The number of H-pyrrole nitrogens is 1. The van der Waals surface area contributed by atoms with Crippen LogP contribution in [0.4, 0.5) is 0 Å². The third kappa shape index (κ3) is 0.565. The molecule has 0 fully saturated rings. The predicted molar refractivity (Wildman–Crippen MR) is 37.1 cm³/mol. The van der Waals surface area contributed by atoms with Gasteiger partial charge in [-0.2, -0.15) is 5.10 Å². The first-order valence-electron chi connectivity index (χ1n) is 2.82. The van der Waals surface area contributed by atoms with Crippen molar-refractivity contribution in [3.63, 3.8) is 0 Å². The molecule has 5 heteroatoms. The number of halogens is 1. The second-order valence-electron chi connectivity index (χ2n) is 2.02. The zero-order valence-electron chi connectivity index (χ0n) is 5.30. The van der Waals surface area contributed by atoms with Crippen molar-refractivity contribution in [2.45, 2.75) is 6.92 Å². The van der Waals surface area contributed by atoms with Crippen molar-refractivity contribution < 1.29 is 0 Å². The average molecular weight is 157 g/mol. The number of aryl methyl sites for hydroxylation is 1. The second kappa shape index (κ2) is 1.73. The molecule has 4 nitrogen and oxygen atoms in total. The van der Waals surface area contributed by atoms with Gasteiger partial charge in [0, 0.05) is 0 Å². The normalized spacial score (nSPS) is 11.0. The molecule has 2 aromatic heterocycles. The van der Waals surface area contributed by atoms with Crippen LogP contribution >= 0.6 is 11.6 Å². The lowest BCUT2D eigenvalue weighted by Gasteiger charge is -1.79. The largest absolute Gasteiger partial charge is 0.269 e. The number of imidazole rings is 1. The molecule has 0 aliphatic carbocycles. The quantitative estimate of drug-likeness (QED) is 0.619. The molecular formula is C5H5ClN4. The Hall–Kier alpha value is -1.03. The number of nitrogens with zero attached hydrogens (tertiary/aromatic N) is 3. The van der Waals surface area contributed by atoms with Crippen molar-refractivity contribution in [1.29, 1.82) is 0 Å². The van der Waals surface area contributed by atoms with Crippen LogP contribution < -0.4 is 0 Å². The molecule has 0 atom stereocenters. The zero-order valence-corrected chi connectivity index (χ0v) is 6.05. The standard InChI is InChI=1S/C5H5ClN4/c1-3-8-9-5-4(6)7-2-10(3)5/h2,9H,1H3. The summed E-state index contributed by atoms with van der Waals surface area (Å²) in [6, 6.07) is 0. The van der Waals surface area contributed by atoms with Crippen molar-refractivity contribution in [3.8, 4) is 0 Å². The lowest BCUT2D eigenvalue weighted by atomic mass is 10.7. The summed E-state index contributed by atoms with van der Waals surface area (Å²) < 4.78 is 1.79. The van der Waals surface area contributed by atoms with E-state index in [0.29, 0.717) is 5.15 Å². The minimum absolute atomic E-state index is 0.459. The maximum Gasteiger partial charge on any atom is 0.173 e. The van der Waals surface area contributed by atoms with Crippen molar-refractivity contribution >= 4 is 17.2 Å². The SMILES string of the molecule is Cc1n[nH]c2c(Cl)ncn12. The van der Waals surface area contributed by atoms with E-state index in [-0.39, 0.29) is 0 Å². The van der Waals surface area contributed by atoms with Crippen molar-refractivity contribution in [2.75, 3.05) is 0 Å². The molecule has 0 radical (unpaired) electrons. The fourth-order valence-electron chi connectivity index (χ4n) is 0.860. The highest BCUT2D eigenvalue weighted by molar-refractivity contribution is 6.32. The van der Waals surface area contributed by atoms with E-state index in [1.807, 2.05) is 6.92 Å². The summed E-state index contributed by atoms with van der Waals surface area (Å²) in [6.07, 6.45) is 1.64. The molecule has 0 aromatic carbocycles. The van der Waals surface area contributed by atoms with Crippen molar-refractivity contribution in [2.24, 2.45) is 0 Å². The summed E-state index contributed by atoms with van der Waals surface area (Å²) in [7, 11) is 0. The molecule has 52 valence electrons. The monoisotopic (exact) mass is 156 g/mol. The highest BCUT2D eigenvalue weighted by Crippen LogP contribution is 2.12. The van der Waals surface area contributed by atoms with Crippen LogP contribution in [0.2, 0.25) is 5.15 Å². The van der Waals surface area contributed by atoms with Crippen LogP contribution in [0, 0.1) is 6.92 Å². The fraction of sp³-hybridized carbons (Fsp3) is 0.200. The summed E-state index contributed by atoms with van der Waals surface area (Å²) in [5, 5.41) is 7.14. The molecule has 0 aliphatic rings. The zero-order chi connectivity index (χ0) is 7.14. The highest BCUT2D eigenvalue weighted by Gasteiger charge is 2.04. The summed E-state index contributed by atoms with van der Waals surface area (Å²) in [6.45, 7) is 1.88. The Morgan fingerprint density at radius 2 is 2.50 bits per heavy atom. The Labute approximate surface area is 61.8 Å². The number of fused-ring (bicyclic) bond motifs is 1. The predicted octanol–water partition coefficient (Wildman–Crippen LogP) is 1.02. The van der Waals surface area contributed by atoms with Crippen molar-refractivity contribution in [3.05, 3.63) is 17.3 Å². The van der Waals surface area contributed by atoms with Gasteiger partial charge in [-0.3, -0.25) is 9.50 Å². The minimum Gasteiger partial charge on any atom is -0.269 e. The van der Waals surface area contributed by atoms with Gasteiger partial charge in [0.05, 0.1) is 0 Å². The van der Waals surface area contributed by atoms with Gasteiger partial charge in [0.15, 0.2) is 10.8 Å². The molecule has 0 spiro atoms. The molecule has 0 saturated heterocycles. The summed E-state index contributed by atoms with van der Waals surface area (Å²) >= 11 is 5.68. The number of nitrogens with one attached hydrogen (secondary N) is 1. The molecule has 2 heterocycles. The van der Waals surface area contributed by atoms with Crippen LogP contribution in [-0.4, -0.2) is 19.6 Å². The topological polar surface area (TPSA) is 46.0 Å². The number of rotatable bonds is 0. The molecular weight excluding hydrogens is 152 g/mol. The lowest BCUT2D eigenvalue weighted by molar-refractivity contribution is 0.992. The highest BCUT2D eigenvalue weighted by atomic mass is 35.5. The van der Waals surface area contributed by atoms with Crippen LogP contribution in [0.25, 0.3) is 5.65 Å². The molecule has 0 aliphatic heterocycles. The second-order valence-corrected chi connectivity index (χ2v) is 2.38. The molecule has 1 N–H and O–H groups in total. The molecule has 2 aromatic rings. The fourth-order valence-corrected chi connectivity index (χ4v) is 1.04. The smallest absolute Gasteiger partial charge is 0.173 e. The number of hydrogen-bond donors (Lipinski definition) is 1. The first-order valence-corrected chi connectivity index (χ1v) is 3.20. The molecule has 0 saturated carbocycles. The Bertz CT molecular complexity index is 324. The summed E-state index contributed by atoms with van der Waals surface area (Å²) in [5.74, 6) is 0.856. The lowest BCUT2D eigenvalue weighted by Crippen LogP contribution is -1.80. The van der Waals surface area contributed by atoms with Gasteiger partial charge in [-0.05, 0) is 6.92 Å². The number of aromatic amines is 1. The van der Waals surface area contributed by atoms with Crippen LogP contribution in [0.3, 0.4) is 0 Å². The molecule has 0 unspecified atom stereocenters. The average Bonchev–Trinajstić information content (AvgIpc) is 2.41. The summed E-state index contributed by atoms with van der Waals surface area (Å²) in [4.78, 5) is 3.87. The number of hydrogen-bond acceptors (Lipinski definition) is 2. The van der Waals surface area contributed by atoms with E-state index in [2.05, 4.69) is 15.2 Å². The third-order valence-electron chi connectivity index (χ3n) is 1.40. The van der Waals surface area contributed by atoms with Crippen LogP contribution in [0.15, 0.2) is 6.33 Å². The van der Waals surface area contributed by atoms with E-state index in [1.165, 1.54) is 0 Å². The van der Waals surface area contributed by atoms with Gasteiger partial charge in [-0.25, -0.2) is 4.98 Å². The molecule has 0 bridgehead atoms. The Kier molecular flexibility index (Phi) is 0.990. The molecule has 10 heavy (non-hydrogen) atoms. The maximum absolute atomic E-state index is 5.68. The van der Waals surface area contributed by atoms with E-state index < -0.39 is 0 Å². The van der Waals surface area contributed by atoms with E-state index in [4.69, 9.17) is 11.6 Å². The Balaban J connectivity index is 2.95. The summed E-state index contributed by atoms with van der Waals surface area (Å²) in [5.41, 5.74) is 0.749. The van der Waals surface area contributed by atoms with Gasteiger partial charge < -0.3 is 0 Å². The molecule has 2 rings (SSSR count). The maximum atomic E-state index is 5.68. The Morgan fingerprint density at radius 1 is 1.70 bits per heavy atom. The van der Waals surface area contributed by atoms with Gasteiger partial charge in [0.1, 0.15) is 12.2 Å². The van der Waals surface area contributed by atoms with Crippen LogP contribution in [0.5, 0.6) is 0 Å². The third-order valence-corrected chi connectivity index (χ3v) is 1.67. The van der Waals surface area contributed by atoms with Gasteiger partial charge in [-0.1, -0.05) is 11.6 Å².